The van der Waals surface area contributed by atoms with Crippen LogP contribution in [0.1, 0.15) is 12.0 Å². The molecule has 3 heteroatoms. The molecule has 0 saturated carbocycles. The highest BCUT2D eigenvalue weighted by Gasteiger charge is 1.93. The van der Waals surface area contributed by atoms with Crippen molar-refractivity contribution in [3.05, 3.63) is 29.8 Å². The Hall–Kier alpha value is -0.670. The molecular formula is C10H15NOS. The van der Waals surface area contributed by atoms with E-state index in [9.17, 15) is 0 Å². The summed E-state index contributed by atoms with van der Waals surface area (Å²) in [5.41, 5.74) is 6.63. The van der Waals surface area contributed by atoms with E-state index in [0.717, 1.165) is 24.5 Å². The Balaban J connectivity index is 2.25. The minimum Gasteiger partial charge on any atom is -0.508 e. The summed E-state index contributed by atoms with van der Waals surface area (Å²) in [7, 11) is 0. The average Bonchev–Trinajstić information content (AvgIpc) is 2.15. The van der Waals surface area contributed by atoms with E-state index in [2.05, 4.69) is 0 Å². The molecule has 72 valence electrons. The highest BCUT2D eigenvalue weighted by Crippen LogP contribution is 2.15. The van der Waals surface area contributed by atoms with Crippen LogP contribution in [-0.4, -0.2) is 17.4 Å². The molecule has 0 aliphatic heterocycles. The molecule has 0 unspecified atom stereocenters. The van der Waals surface area contributed by atoms with Crippen LogP contribution in [0.15, 0.2) is 24.3 Å². The number of nitrogens with two attached hydrogens (primary N) is 1. The van der Waals surface area contributed by atoms with Crippen molar-refractivity contribution >= 4 is 11.8 Å². The number of hydrogen-bond donors (Lipinski definition) is 2. The first-order valence-electron chi connectivity index (χ1n) is 4.38. The van der Waals surface area contributed by atoms with Crippen molar-refractivity contribution < 1.29 is 5.11 Å². The van der Waals surface area contributed by atoms with Gasteiger partial charge in [0.1, 0.15) is 5.75 Å². The molecule has 0 bridgehead atoms. The molecule has 1 rings (SSSR count). The predicted molar refractivity (Wildman–Crippen MR) is 57.9 cm³/mol. The van der Waals surface area contributed by atoms with Crippen LogP contribution < -0.4 is 5.73 Å². The van der Waals surface area contributed by atoms with Crippen molar-refractivity contribution in [3.8, 4) is 5.75 Å². The van der Waals surface area contributed by atoms with Gasteiger partial charge in [0.2, 0.25) is 0 Å². The molecule has 0 atom stereocenters. The van der Waals surface area contributed by atoms with Crippen molar-refractivity contribution in [1.82, 2.24) is 0 Å². The Labute approximate surface area is 83.1 Å². The van der Waals surface area contributed by atoms with E-state index in [-0.39, 0.29) is 0 Å². The van der Waals surface area contributed by atoms with E-state index < -0.39 is 0 Å². The Bertz CT molecular complexity index is 235. The van der Waals surface area contributed by atoms with Crippen LogP contribution in [0, 0.1) is 0 Å². The minimum absolute atomic E-state index is 0.329. The molecule has 2 nitrogen and oxygen atoms in total. The van der Waals surface area contributed by atoms with Crippen molar-refractivity contribution in [3.63, 3.8) is 0 Å². The largest absolute Gasteiger partial charge is 0.508 e. The van der Waals surface area contributed by atoms with E-state index in [1.54, 1.807) is 12.1 Å². The Morgan fingerprint density at radius 1 is 1.23 bits per heavy atom. The van der Waals surface area contributed by atoms with Gasteiger partial charge in [-0.3, -0.25) is 0 Å². The maximum atomic E-state index is 9.04. The van der Waals surface area contributed by atoms with Gasteiger partial charge >= 0.3 is 0 Å². The van der Waals surface area contributed by atoms with Crippen LogP contribution in [0.4, 0.5) is 0 Å². The lowest BCUT2D eigenvalue weighted by atomic mass is 10.2. The third kappa shape index (κ3) is 4.20. The van der Waals surface area contributed by atoms with Crippen LogP contribution >= 0.6 is 11.8 Å². The van der Waals surface area contributed by atoms with E-state index in [4.69, 9.17) is 10.8 Å². The summed E-state index contributed by atoms with van der Waals surface area (Å²) in [6.07, 6.45) is 1.07. The molecule has 0 aliphatic rings. The Morgan fingerprint density at radius 3 is 2.54 bits per heavy atom. The van der Waals surface area contributed by atoms with Gasteiger partial charge in [0, 0.05) is 5.75 Å². The number of phenols is 1. The lowest BCUT2D eigenvalue weighted by molar-refractivity contribution is 0.475. The van der Waals surface area contributed by atoms with Gasteiger partial charge in [-0.2, -0.15) is 11.8 Å². The molecule has 0 amide bonds. The molecule has 3 N–H and O–H groups in total. The topological polar surface area (TPSA) is 46.2 Å². The van der Waals surface area contributed by atoms with Crippen LogP contribution in [-0.2, 0) is 5.75 Å². The summed E-state index contributed by atoms with van der Waals surface area (Å²) >= 11 is 1.88. The van der Waals surface area contributed by atoms with Gasteiger partial charge in [-0.05, 0) is 36.4 Å². The number of benzene rings is 1. The quantitative estimate of drug-likeness (QED) is 0.709. The second-order valence-electron chi connectivity index (χ2n) is 2.86. The number of aromatic hydroxyl groups is 1. The van der Waals surface area contributed by atoms with Crippen molar-refractivity contribution in [2.75, 3.05) is 12.3 Å². The normalized spacial score (nSPS) is 10.2. The smallest absolute Gasteiger partial charge is 0.115 e. The first-order valence-corrected chi connectivity index (χ1v) is 5.54. The molecule has 13 heavy (non-hydrogen) atoms. The highest BCUT2D eigenvalue weighted by atomic mass is 32.2. The fourth-order valence-corrected chi connectivity index (χ4v) is 1.91. The monoisotopic (exact) mass is 197 g/mol. The maximum absolute atomic E-state index is 9.04. The summed E-state index contributed by atoms with van der Waals surface area (Å²) in [5, 5.41) is 9.04. The standard InChI is InChI=1S/C10H15NOS/c11-6-1-7-13-8-9-2-4-10(12)5-3-9/h2-5,12H,1,6-8,11H2. The van der Waals surface area contributed by atoms with Gasteiger partial charge in [-0.1, -0.05) is 12.1 Å². The number of thioether (sulfide) groups is 1. The number of hydrogen-bond acceptors (Lipinski definition) is 3. The summed E-state index contributed by atoms with van der Waals surface area (Å²) in [6.45, 7) is 0.766. The molecule has 1 aromatic rings. The molecule has 0 radical (unpaired) electrons. The SMILES string of the molecule is NCCCSCc1ccc(O)cc1. The van der Waals surface area contributed by atoms with Gasteiger partial charge in [0.15, 0.2) is 0 Å². The molecule has 1 aromatic carbocycles. The summed E-state index contributed by atoms with van der Waals surface area (Å²) in [4.78, 5) is 0. The van der Waals surface area contributed by atoms with E-state index >= 15 is 0 Å². The van der Waals surface area contributed by atoms with Crippen LogP contribution in [0.5, 0.6) is 5.75 Å². The van der Waals surface area contributed by atoms with E-state index in [1.165, 1.54) is 5.56 Å². The van der Waals surface area contributed by atoms with Gasteiger partial charge in [-0.25, -0.2) is 0 Å². The first kappa shape index (κ1) is 10.4. The lowest BCUT2D eigenvalue weighted by Crippen LogP contribution is -1.99. The third-order valence-electron chi connectivity index (χ3n) is 1.70. The van der Waals surface area contributed by atoms with Crippen LogP contribution in [0.3, 0.4) is 0 Å². The minimum atomic E-state index is 0.329. The fraction of sp³-hybridized carbons (Fsp3) is 0.400. The van der Waals surface area contributed by atoms with Crippen LogP contribution in [0.25, 0.3) is 0 Å². The molecule has 0 heterocycles. The Kier molecular flexibility index (Phi) is 4.72. The van der Waals surface area contributed by atoms with Crippen molar-refractivity contribution in [2.45, 2.75) is 12.2 Å². The van der Waals surface area contributed by atoms with Gasteiger partial charge < -0.3 is 10.8 Å². The first-order chi connectivity index (χ1) is 6.33. The number of phenolic OH excluding ortho intramolecular Hbond substituents is 1. The zero-order chi connectivity index (χ0) is 9.52. The van der Waals surface area contributed by atoms with Crippen LogP contribution in [0.2, 0.25) is 0 Å². The molecule has 0 aliphatic carbocycles. The van der Waals surface area contributed by atoms with Crippen molar-refractivity contribution in [1.29, 1.82) is 0 Å². The zero-order valence-corrected chi connectivity index (χ0v) is 8.39. The summed E-state index contributed by atoms with van der Waals surface area (Å²) < 4.78 is 0. The van der Waals surface area contributed by atoms with E-state index in [0.29, 0.717) is 5.75 Å². The zero-order valence-electron chi connectivity index (χ0n) is 7.57. The van der Waals surface area contributed by atoms with Gasteiger partial charge in [-0.15, -0.1) is 0 Å². The molecule has 0 aromatic heterocycles. The van der Waals surface area contributed by atoms with Gasteiger partial charge in [0.05, 0.1) is 0 Å². The fourth-order valence-electron chi connectivity index (χ4n) is 0.968. The second-order valence-corrected chi connectivity index (χ2v) is 3.97. The molecule has 0 saturated heterocycles. The highest BCUT2D eigenvalue weighted by molar-refractivity contribution is 7.98. The molecular weight excluding hydrogens is 182 g/mol. The van der Waals surface area contributed by atoms with E-state index in [1.807, 2.05) is 23.9 Å². The predicted octanol–water partition coefficient (Wildman–Crippen LogP) is 1.97. The summed E-state index contributed by atoms with van der Waals surface area (Å²) in [6, 6.07) is 7.34. The lowest BCUT2D eigenvalue weighted by Gasteiger charge is -2.00. The average molecular weight is 197 g/mol. The summed E-state index contributed by atoms with van der Waals surface area (Å²) in [5.74, 6) is 2.44. The van der Waals surface area contributed by atoms with Gasteiger partial charge in [0.25, 0.3) is 0 Å². The molecule has 0 spiro atoms. The Morgan fingerprint density at radius 2 is 1.92 bits per heavy atom. The number of rotatable bonds is 5. The van der Waals surface area contributed by atoms with Crippen molar-refractivity contribution in [2.24, 2.45) is 5.73 Å². The third-order valence-corrected chi connectivity index (χ3v) is 2.81. The maximum Gasteiger partial charge on any atom is 0.115 e. The second kappa shape index (κ2) is 5.89. The molecule has 0 fully saturated rings.